The Hall–Kier alpha value is -3.70. The van der Waals surface area contributed by atoms with Crippen LogP contribution in [0.2, 0.25) is 0 Å². The van der Waals surface area contributed by atoms with Crippen LogP contribution in [0.15, 0.2) is 86.8 Å². The van der Waals surface area contributed by atoms with Gasteiger partial charge in [-0.25, -0.2) is 9.59 Å². The predicted molar refractivity (Wildman–Crippen MR) is 117 cm³/mol. The Morgan fingerprint density at radius 3 is 2.28 bits per heavy atom. The van der Waals surface area contributed by atoms with Crippen molar-refractivity contribution >= 4 is 53.1 Å². The van der Waals surface area contributed by atoms with Crippen molar-refractivity contribution in [3.05, 3.63) is 93.6 Å². The number of benzene rings is 4. The van der Waals surface area contributed by atoms with Crippen molar-refractivity contribution in [2.24, 2.45) is 0 Å². The molecule has 6 rings (SSSR count). The zero-order valence-electron chi connectivity index (χ0n) is 15.0. The van der Waals surface area contributed by atoms with E-state index in [0.717, 1.165) is 25.6 Å². The molecule has 0 saturated carbocycles. The molecular formula is C24H12O4S. The van der Waals surface area contributed by atoms with E-state index < -0.39 is 11.3 Å². The minimum absolute atomic E-state index is 0.353. The first kappa shape index (κ1) is 16.3. The molecule has 0 spiro atoms. The summed E-state index contributed by atoms with van der Waals surface area (Å²) in [6.45, 7) is 0. The number of hydrogen-bond donors (Lipinski definition) is 0. The predicted octanol–water partition coefficient (Wildman–Crippen LogP) is 5.90. The molecule has 0 bridgehead atoms. The summed E-state index contributed by atoms with van der Waals surface area (Å²) in [7, 11) is 0. The molecule has 0 aliphatic heterocycles. The maximum atomic E-state index is 12.6. The molecule has 0 aliphatic rings. The third kappa shape index (κ3) is 2.31. The largest absolute Gasteiger partial charge is 0.457 e. The summed E-state index contributed by atoms with van der Waals surface area (Å²) in [5.41, 5.74) is -1.26. The molecule has 0 radical (unpaired) electrons. The zero-order chi connectivity index (χ0) is 19.5. The van der Waals surface area contributed by atoms with Gasteiger partial charge in [-0.2, -0.15) is 0 Å². The van der Waals surface area contributed by atoms with Gasteiger partial charge in [0.15, 0.2) is 0 Å². The van der Waals surface area contributed by atoms with Gasteiger partial charge >= 0.3 is 11.3 Å². The van der Waals surface area contributed by atoms with Gasteiger partial charge in [0.1, 0.15) is 11.5 Å². The first-order valence-electron chi connectivity index (χ1n) is 9.11. The lowest BCUT2D eigenvalue weighted by Gasteiger charge is -2.16. The highest BCUT2D eigenvalue weighted by atomic mass is 32.1. The number of fused-ring (bicyclic) bond motifs is 2. The Kier molecular flexibility index (Phi) is 3.31. The normalized spacial score (nSPS) is 11.7. The summed E-state index contributed by atoms with van der Waals surface area (Å²) in [4.78, 5) is 24.9. The fraction of sp³-hybridized carbons (Fsp3) is 0. The molecule has 2 heterocycles. The fourth-order valence-electron chi connectivity index (χ4n) is 3.96. The Bertz CT molecular complexity index is 1660. The molecule has 138 valence electrons. The lowest BCUT2D eigenvalue weighted by Crippen LogP contribution is -2.12. The van der Waals surface area contributed by atoms with Crippen molar-refractivity contribution in [2.45, 2.75) is 0 Å². The van der Waals surface area contributed by atoms with E-state index in [1.54, 1.807) is 23.5 Å². The molecule has 0 saturated heterocycles. The second kappa shape index (κ2) is 5.90. The average Bonchev–Trinajstić information content (AvgIpc) is 2.74. The molecule has 0 atom stereocenters. The van der Waals surface area contributed by atoms with E-state index in [2.05, 4.69) is 6.07 Å². The number of rotatable bonds is 2. The summed E-state index contributed by atoms with van der Waals surface area (Å²) < 4.78 is 13.3. The monoisotopic (exact) mass is 396 g/mol. The zero-order valence-corrected chi connectivity index (χ0v) is 15.8. The highest BCUT2D eigenvalue weighted by Gasteiger charge is 2.20. The third-order valence-corrected chi connectivity index (χ3v) is 6.32. The van der Waals surface area contributed by atoms with Crippen LogP contribution < -0.4 is 16.0 Å². The number of ether oxygens (including phenoxy) is 1. The molecule has 4 aromatic carbocycles. The molecule has 0 amide bonds. The molecule has 0 fully saturated rings. The maximum absolute atomic E-state index is 12.6. The van der Waals surface area contributed by atoms with E-state index in [4.69, 9.17) is 9.15 Å². The van der Waals surface area contributed by atoms with Crippen LogP contribution in [0.25, 0.3) is 41.7 Å². The summed E-state index contributed by atoms with van der Waals surface area (Å²) >= 11 is 1.63. The molecule has 4 nitrogen and oxygen atoms in total. The summed E-state index contributed by atoms with van der Waals surface area (Å²) in [5.74, 6) is 1.24. The minimum atomic E-state index is -0.645. The Morgan fingerprint density at radius 1 is 0.655 bits per heavy atom. The molecule has 29 heavy (non-hydrogen) atoms. The highest BCUT2D eigenvalue weighted by molar-refractivity contribution is 7.25. The van der Waals surface area contributed by atoms with Crippen LogP contribution in [0.4, 0.5) is 0 Å². The van der Waals surface area contributed by atoms with Gasteiger partial charge in [-0.3, -0.25) is 0 Å². The van der Waals surface area contributed by atoms with Gasteiger partial charge in [-0.1, -0.05) is 36.4 Å². The lowest BCUT2D eigenvalue weighted by molar-refractivity contribution is 0.483. The van der Waals surface area contributed by atoms with Crippen molar-refractivity contribution in [1.29, 1.82) is 0 Å². The van der Waals surface area contributed by atoms with Gasteiger partial charge in [0, 0.05) is 30.9 Å². The fourth-order valence-corrected chi connectivity index (χ4v) is 5.07. The van der Waals surface area contributed by atoms with Crippen molar-refractivity contribution in [2.75, 3.05) is 0 Å². The van der Waals surface area contributed by atoms with Gasteiger partial charge in [0.2, 0.25) is 0 Å². The third-order valence-electron chi connectivity index (χ3n) is 5.18. The van der Waals surface area contributed by atoms with Gasteiger partial charge in [0.05, 0.1) is 10.8 Å². The minimum Gasteiger partial charge on any atom is -0.457 e. The van der Waals surface area contributed by atoms with E-state index in [1.807, 2.05) is 54.6 Å². The van der Waals surface area contributed by atoms with Crippen molar-refractivity contribution < 1.29 is 9.15 Å². The first-order chi connectivity index (χ1) is 14.2. The van der Waals surface area contributed by atoms with Crippen LogP contribution in [-0.2, 0) is 0 Å². The molecule has 0 unspecified atom stereocenters. The van der Waals surface area contributed by atoms with E-state index in [0.29, 0.717) is 27.7 Å². The molecule has 2 aromatic heterocycles. The van der Waals surface area contributed by atoms with Crippen molar-refractivity contribution in [3.63, 3.8) is 0 Å². The van der Waals surface area contributed by atoms with Crippen molar-refractivity contribution in [1.82, 2.24) is 0 Å². The molecule has 0 aliphatic carbocycles. The molecule has 0 N–H and O–H groups in total. The van der Waals surface area contributed by atoms with Crippen LogP contribution in [0.3, 0.4) is 0 Å². The lowest BCUT2D eigenvalue weighted by atomic mass is 9.97. The van der Waals surface area contributed by atoms with Crippen LogP contribution in [0.5, 0.6) is 11.5 Å². The van der Waals surface area contributed by atoms with E-state index >= 15 is 0 Å². The van der Waals surface area contributed by atoms with Crippen molar-refractivity contribution in [3.8, 4) is 11.5 Å². The van der Waals surface area contributed by atoms with E-state index in [-0.39, 0.29) is 0 Å². The van der Waals surface area contributed by atoms with Crippen LogP contribution in [0, 0.1) is 0 Å². The van der Waals surface area contributed by atoms with Crippen LogP contribution in [0.1, 0.15) is 0 Å². The Labute approximate surface area is 167 Å². The van der Waals surface area contributed by atoms with E-state index in [9.17, 15) is 9.59 Å². The Morgan fingerprint density at radius 2 is 1.41 bits per heavy atom. The number of para-hydroxylation sites is 1. The van der Waals surface area contributed by atoms with Gasteiger partial charge in [0.25, 0.3) is 0 Å². The van der Waals surface area contributed by atoms with Gasteiger partial charge < -0.3 is 9.15 Å². The smallest absolute Gasteiger partial charge is 0.346 e. The van der Waals surface area contributed by atoms with Gasteiger partial charge in [-0.05, 0) is 36.4 Å². The standard InChI is InChI=1S/C24H12O4S/c25-23-15-10-11-19-22-20(15)16(24(26)28-23)12-17(27-13-6-2-1-3-7-13)21(22)14-8-4-5-9-18(14)29-19/h1-12H. The second-order valence-electron chi connectivity index (χ2n) is 6.85. The summed E-state index contributed by atoms with van der Waals surface area (Å²) in [6.07, 6.45) is 0. The SMILES string of the molecule is O=c1oc(=O)c2cc(Oc3ccccc3)c3c4ccccc4sc4ccc1c2c43. The average molecular weight is 396 g/mol. The highest BCUT2D eigenvalue weighted by Crippen LogP contribution is 2.45. The second-order valence-corrected chi connectivity index (χ2v) is 7.93. The molecule has 6 aromatic rings. The topological polar surface area (TPSA) is 56.5 Å². The number of hydrogen-bond acceptors (Lipinski definition) is 5. The Balaban J connectivity index is 1.89. The quantitative estimate of drug-likeness (QED) is 0.270. The molecule has 5 heteroatoms. The summed E-state index contributed by atoms with van der Waals surface area (Å²) in [5, 5.41) is 4.17. The van der Waals surface area contributed by atoms with E-state index in [1.165, 1.54) is 0 Å². The molecular weight excluding hydrogens is 384 g/mol. The maximum Gasteiger partial charge on any atom is 0.346 e. The first-order valence-corrected chi connectivity index (χ1v) is 9.93. The summed E-state index contributed by atoms with van der Waals surface area (Å²) in [6, 6.07) is 22.9. The van der Waals surface area contributed by atoms with Crippen LogP contribution >= 0.6 is 11.3 Å². The van der Waals surface area contributed by atoms with Gasteiger partial charge in [-0.15, -0.1) is 11.3 Å². The van der Waals surface area contributed by atoms with Crippen LogP contribution in [-0.4, -0.2) is 0 Å².